The number of halogens is 1. The van der Waals surface area contributed by atoms with Crippen molar-refractivity contribution in [2.24, 2.45) is 0 Å². The third-order valence-electron chi connectivity index (χ3n) is 4.64. The Morgan fingerprint density at radius 1 is 1.00 bits per heavy atom. The second-order valence-corrected chi connectivity index (χ2v) is 6.71. The molecule has 2 heterocycles. The van der Waals surface area contributed by atoms with Crippen LogP contribution in [0.3, 0.4) is 0 Å². The number of ketones is 1. The molecule has 0 fully saturated rings. The summed E-state index contributed by atoms with van der Waals surface area (Å²) in [6.07, 6.45) is 6.44. The van der Waals surface area contributed by atoms with Gasteiger partial charge in [-0.1, -0.05) is 18.2 Å². The molecule has 1 N–H and O–H groups in total. The standard InChI is InChI=1S/C22H18FN5O2/c23-17-9-7-16(8-10-17)20(29)18-5-1-2-6-19(18)21(30)24-11-3-4-15-12-25-22-26-14-27-28(22)13-15/h1-2,5-10,12-14H,3-4,11H2,(H,24,30). The Hall–Kier alpha value is -3.94. The van der Waals surface area contributed by atoms with Gasteiger partial charge in [0, 0.05) is 30.1 Å². The lowest BCUT2D eigenvalue weighted by Crippen LogP contribution is -2.26. The van der Waals surface area contributed by atoms with Crippen LogP contribution in [0.15, 0.2) is 67.3 Å². The molecule has 2 aromatic heterocycles. The Labute approximate surface area is 171 Å². The summed E-state index contributed by atoms with van der Waals surface area (Å²) in [5.74, 6) is -0.538. The van der Waals surface area contributed by atoms with Crippen molar-refractivity contribution < 1.29 is 14.0 Å². The van der Waals surface area contributed by atoms with Crippen molar-refractivity contribution in [2.45, 2.75) is 12.8 Å². The zero-order chi connectivity index (χ0) is 20.9. The first-order valence-corrected chi connectivity index (χ1v) is 9.43. The Bertz CT molecular complexity index is 1200. The maximum atomic E-state index is 13.1. The molecule has 0 radical (unpaired) electrons. The van der Waals surface area contributed by atoms with E-state index in [1.54, 1.807) is 35.0 Å². The molecule has 0 unspecified atom stereocenters. The fourth-order valence-corrected chi connectivity index (χ4v) is 3.11. The van der Waals surface area contributed by atoms with Gasteiger partial charge in [-0.2, -0.15) is 10.1 Å². The second kappa shape index (κ2) is 8.60. The Balaban J connectivity index is 1.38. The number of carbonyl (C=O) groups excluding carboxylic acids is 2. The van der Waals surface area contributed by atoms with Crippen LogP contribution in [0.5, 0.6) is 0 Å². The summed E-state index contributed by atoms with van der Waals surface area (Å²) in [5, 5.41) is 6.90. The van der Waals surface area contributed by atoms with Gasteiger partial charge in [0.15, 0.2) is 5.78 Å². The highest BCUT2D eigenvalue weighted by molar-refractivity contribution is 6.15. The van der Waals surface area contributed by atoms with Crippen LogP contribution in [0.2, 0.25) is 0 Å². The molecular weight excluding hydrogens is 385 g/mol. The van der Waals surface area contributed by atoms with Crippen molar-refractivity contribution in [3.8, 4) is 0 Å². The minimum Gasteiger partial charge on any atom is -0.352 e. The van der Waals surface area contributed by atoms with Crippen molar-refractivity contribution in [2.75, 3.05) is 6.54 Å². The van der Waals surface area contributed by atoms with E-state index in [-0.39, 0.29) is 22.8 Å². The van der Waals surface area contributed by atoms with E-state index >= 15 is 0 Å². The molecule has 1 amide bonds. The summed E-state index contributed by atoms with van der Waals surface area (Å²) in [6, 6.07) is 11.9. The molecule has 4 rings (SSSR count). The fraction of sp³-hybridized carbons (Fsp3) is 0.136. The monoisotopic (exact) mass is 403 g/mol. The minimum absolute atomic E-state index is 0.280. The molecule has 0 bridgehead atoms. The molecular formula is C22H18FN5O2. The van der Waals surface area contributed by atoms with Crippen molar-refractivity contribution in [3.63, 3.8) is 0 Å². The summed E-state index contributed by atoms with van der Waals surface area (Å²) < 4.78 is 14.7. The van der Waals surface area contributed by atoms with Crippen LogP contribution in [0.1, 0.15) is 38.3 Å². The molecule has 2 aromatic carbocycles. The molecule has 0 atom stereocenters. The van der Waals surface area contributed by atoms with Gasteiger partial charge < -0.3 is 5.32 Å². The minimum atomic E-state index is -0.421. The molecule has 150 valence electrons. The molecule has 4 aromatic rings. The number of aromatic nitrogens is 4. The highest BCUT2D eigenvalue weighted by Gasteiger charge is 2.17. The number of carbonyl (C=O) groups is 2. The molecule has 30 heavy (non-hydrogen) atoms. The normalized spacial score (nSPS) is 10.8. The predicted octanol–water partition coefficient (Wildman–Crippen LogP) is 2.86. The molecule has 0 aliphatic rings. The third-order valence-corrected chi connectivity index (χ3v) is 4.64. The molecule has 0 spiro atoms. The highest BCUT2D eigenvalue weighted by atomic mass is 19.1. The Kier molecular flexibility index (Phi) is 5.56. The van der Waals surface area contributed by atoms with Crippen LogP contribution in [0.4, 0.5) is 4.39 Å². The predicted molar refractivity (Wildman–Crippen MR) is 108 cm³/mol. The number of benzene rings is 2. The van der Waals surface area contributed by atoms with Crippen molar-refractivity contribution >= 4 is 17.5 Å². The van der Waals surface area contributed by atoms with Gasteiger partial charge in [0.25, 0.3) is 11.7 Å². The van der Waals surface area contributed by atoms with Gasteiger partial charge in [0.05, 0.1) is 5.56 Å². The molecule has 0 saturated heterocycles. The van der Waals surface area contributed by atoms with E-state index in [0.29, 0.717) is 30.7 Å². The van der Waals surface area contributed by atoms with E-state index in [0.717, 1.165) is 5.56 Å². The third kappa shape index (κ3) is 4.22. The number of nitrogens with zero attached hydrogens (tertiary/aromatic N) is 4. The van der Waals surface area contributed by atoms with E-state index in [2.05, 4.69) is 20.4 Å². The first-order chi connectivity index (χ1) is 14.6. The lowest BCUT2D eigenvalue weighted by Gasteiger charge is -2.10. The first kappa shape index (κ1) is 19.4. The van der Waals surface area contributed by atoms with Gasteiger partial charge in [0.2, 0.25) is 0 Å². The van der Waals surface area contributed by atoms with Gasteiger partial charge in [-0.3, -0.25) is 9.59 Å². The summed E-state index contributed by atoms with van der Waals surface area (Å²) in [7, 11) is 0. The Morgan fingerprint density at radius 2 is 1.77 bits per heavy atom. The molecule has 0 aliphatic heterocycles. The summed E-state index contributed by atoms with van der Waals surface area (Å²) >= 11 is 0. The number of hydrogen-bond donors (Lipinski definition) is 1. The lowest BCUT2D eigenvalue weighted by atomic mass is 9.98. The van der Waals surface area contributed by atoms with E-state index in [9.17, 15) is 14.0 Å². The van der Waals surface area contributed by atoms with Gasteiger partial charge >= 0.3 is 0 Å². The number of aryl methyl sites for hydroxylation is 1. The number of amides is 1. The first-order valence-electron chi connectivity index (χ1n) is 9.43. The fourth-order valence-electron chi connectivity index (χ4n) is 3.11. The van der Waals surface area contributed by atoms with Crippen molar-refractivity contribution in [1.29, 1.82) is 0 Å². The SMILES string of the molecule is O=C(NCCCc1cnc2ncnn2c1)c1ccccc1C(=O)c1ccc(F)cc1. The highest BCUT2D eigenvalue weighted by Crippen LogP contribution is 2.15. The number of fused-ring (bicyclic) bond motifs is 1. The van der Waals surface area contributed by atoms with Crippen LogP contribution >= 0.6 is 0 Å². The van der Waals surface area contributed by atoms with Crippen LogP contribution in [0, 0.1) is 5.82 Å². The maximum absolute atomic E-state index is 13.1. The van der Waals surface area contributed by atoms with Gasteiger partial charge in [-0.05, 0) is 48.7 Å². The van der Waals surface area contributed by atoms with Crippen LogP contribution < -0.4 is 5.32 Å². The largest absolute Gasteiger partial charge is 0.352 e. The Morgan fingerprint density at radius 3 is 2.57 bits per heavy atom. The van der Waals surface area contributed by atoms with Crippen LogP contribution in [0.25, 0.3) is 5.78 Å². The van der Waals surface area contributed by atoms with E-state index in [1.807, 2.05) is 6.20 Å². The molecule has 0 aliphatic carbocycles. The summed E-state index contributed by atoms with van der Waals surface area (Å²) in [4.78, 5) is 33.6. The van der Waals surface area contributed by atoms with Gasteiger partial charge in [-0.15, -0.1) is 0 Å². The number of rotatable bonds is 7. The number of nitrogens with one attached hydrogen (secondary N) is 1. The van der Waals surface area contributed by atoms with Crippen LogP contribution in [-0.2, 0) is 6.42 Å². The van der Waals surface area contributed by atoms with Gasteiger partial charge in [0.1, 0.15) is 12.1 Å². The molecule has 7 nitrogen and oxygen atoms in total. The molecule has 0 saturated carbocycles. The van der Waals surface area contributed by atoms with E-state index in [1.165, 1.54) is 30.6 Å². The van der Waals surface area contributed by atoms with E-state index < -0.39 is 5.82 Å². The molecule has 8 heteroatoms. The maximum Gasteiger partial charge on any atom is 0.252 e. The average molecular weight is 403 g/mol. The van der Waals surface area contributed by atoms with Crippen molar-refractivity contribution in [1.82, 2.24) is 24.9 Å². The average Bonchev–Trinajstić information content (AvgIpc) is 3.24. The van der Waals surface area contributed by atoms with Crippen LogP contribution in [-0.4, -0.2) is 37.8 Å². The van der Waals surface area contributed by atoms with Crippen molar-refractivity contribution in [3.05, 3.63) is 95.3 Å². The zero-order valence-electron chi connectivity index (χ0n) is 16.0. The smallest absolute Gasteiger partial charge is 0.252 e. The van der Waals surface area contributed by atoms with E-state index in [4.69, 9.17) is 0 Å². The van der Waals surface area contributed by atoms with Gasteiger partial charge in [-0.25, -0.2) is 13.9 Å². The summed E-state index contributed by atoms with van der Waals surface area (Å²) in [6.45, 7) is 0.438. The quantitative estimate of drug-likeness (QED) is 0.379. The topological polar surface area (TPSA) is 89.2 Å². The number of hydrogen-bond acceptors (Lipinski definition) is 5. The lowest BCUT2D eigenvalue weighted by molar-refractivity contribution is 0.0941. The second-order valence-electron chi connectivity index (χ2n) is 6.71. The zero-order valence-corrected chi connectivity index (χ0v) is 16.0. The summed E-state index contributed by atoms with van der Waals surface area (Å²) in [5.41, 5.74) is 1.88.